The smallest absolute Gasteiger partial charge is 0.119 e. The molecular formula is C19H27N3O2. The molecule has 1 N–H and O–H groups in total. The molecule has 1 unspecified atom stereocenters. The predicted octanol–water partition coefficient (Wildman–Crippen LogP) is 2.84. The Kier molecular flexibility index (Phi) is 5.21. The molecule has 3 rings (SSSR count). The van der Waals surface area contributed by atoms with Crippen LogP contribution in [0.1, 0.15) is 41.4 Å². The Balaban J connectivity index is 1.81. The Morgan fingerprint density at radius 3 is 2.92 bits per heavy atom. The van der Waals surface area contributed by atoms with Crippen molar-refractivity contribution in [2.45, 2.75) is 45.8 Å². The maximum absolute atomic E-state index is 9.19. The molecule has 1 atom stereocenters. The first-order chi connectivity index (χ1) is 11.6. The van der Waals surface area contributed by atoms with Gasteiger partial charge in [0, 0.05) is 23.8 Å². The zero-order valence-corrected chi connectivity index (χ0v) is 14.8. The minimum absolute atomic E-state index is 0.123. The van der Waals surface area contributed by atoms with Crippen molar-refractivity contribution in [3.05, 3.63) is 46.8 Å². The van der Waals surface area contributed by atoms with Gasteiger partial charge in [0.2, 0.25) is 0 Å². The Hall–Kier alpha value is -1.85. The largest absolute Gasteiger partial charge is 0.497 e. The molecule has 0 aliphatic carbocycles. The Bertz CT molecular complexity index is 696. The summed E-state index contributed by atoms with van der Waals surface area (Å²) in [7, 11) is 1.72. The van der Waals surface area contributed by atoms with Crippen LogP contribution < -0.4 is 4.74 Å². The molecule has 1 aliphatic heterocycles. The average Bonchev–Trinajstić information content (AvgIpc) is 3.16. The number of aromatic nitrogens is 2. The van der Waals surface area contributed by atoms with E-state index in [4.69, 9.17) is 4.74 Å². The topological polar surface area (TPSA) is 50.5 Å². The van der Waals surface area contributed by atoms with E-state index in [9.17, 15) is 5.11 Å². The van der Waals surface area contributed by atoms with Gasteiger partial charge >= 0.3 is 0 Å². The zero-order valence-electron chi connectivity index (χ0n) is 14.8. The van der Waals surface area contributed by atoms with Crippen LogP contribution in [0.5, 0.6) is 5.75 Å². The third kappa shape index (κ3) is 3.32. The predicted molar refractivity (Wildman–Crippen MR) is 94.2 cm³/mol. The molecule has 1 aromatic carbocycles. The highest BCUT2D eigenvalue weighted by Gasteiger charge is 2.28. The molecule has 0 radical (unpaired) electrons. The molecule has 2 heterocycles. The molecule has 0 amide bonds. The van der Waals surface area contributed by atoms with Crippen molar-refractivity contribution >= 4 is 0 Å². The molecule has 1 fully saturated rings. The van der Waals surface area contributed by atoms with Crippen molar-refractivity contribution in [2.24, 2.45) is 0 Å². The molecule has 130 valence electrons. The lowest BCUT2D eigenvalue weighted by atomic mass is 10.0. The number of aliphatic hydroxyl groups excluding tert-OH is 1. The quantitative estimate of drug-likeness (QED) is 0.885. The summed E-state index contributed by atoms with van der Waals surface area (Å²) >= 11 is 0. The summed E-state index contributed by atoms with van der Waals surface area (Å²) in [4.78, 5) is 2.54. The van der Waals surface area contributed by atoms with Gasteiger partial charge in [-0.25, -0.2) is 0 Å². The molecule has 5 nitrogen and oxygen atoms in total. The number of hydrogen-bond acceptors (Lipinski definition) is 4. The van der Waals surface area contributed by atoms with Gasteiger partial charge in [0.25, 0.3) is 0 Å². The number of methoxy groups -OCH3 is 1. The van der Waals surface area contributed by atoms with Crippen LogP contribution in [-0.4, -0.2) is 40.0 Å². The van der Waals surface area contributed by atoms with Crippen LogP contribution in [0.3, 0.4) is 0 Å². The molecule has 0 saturated carbocycles. The number of aliphatic hydroxyl groups is 1. The summed E-state index contributed by atoms with van der Waals surface area (Å²) in [5, 5.41) is 13.8. The first-order valence-corrected chi connectivity index (χ1v) is 8.65. The Morgan fingerprint density at radius 1 is 1.33 bits per heavy atom. The first kappa shape index (κ1) is 17.0. The summed E-state index contributed by atoms with van der Waals surface area (Å²) in [6, 6.07) is 8.84. The minimum Gasteiger partial charge on any atom is -0.497 e. The summed E-state index contributed by atoms with van der Waals surface area (Å²) in [6.07, 6.45) is 2.39. The molecule has 2 aromatic rings. The molecule has 1 saturated heterocycles. The average molecular weight is 329 g/mol. The SMILES string of the molecule is COc1cccc(C2CCCN2Cc2c(C)nn(CCO)c2C)c1. The summed E-state index contributed by atoms with van der Waals surface area (Å²) in [5.74, 6) is 0.919. The number of rotatable bonds is 6. The van der Waals surface area contributed by atoms with Gasteiger partial charge in [-0.15, -0.1) is 0 Å². The van der Waals surface area contributed by atoms with E-state index in [1.807, 2.05) is 10.7 Å². The van der Waals surface area contributed by atoms with Gasteiger partial charge in [-0.2, -0.15) is 5.10 Å². The van der Waals surface area contributed by atoms with E-state index in [0.29, 0.717) is 12.6 Å². The van der Waals surface area contributed by atoms with Crippen molar-refractivity contribution in [1.82, 2.24) is 14.7 Å². The van der Waals surface area contributed by atoms with Crippen molar-refractivity contribution in [3.8, 4) is 5.75 Å². The van der Waals surface area contributed by atoms with Crippen LogP contribution in [-0.2, 0) is 13.1 Å². The van der Waals surface area contributed by atoms with Crippen LogP contribution >= 0.6 is 0 Å². The number of likely N-dealkylation sites (tertiary alicyclic amines) is 1. The maximum Gasteiger partial charge on any atom is 0.119 e. The number of nitrogens with zero attached hydrogens (tertiary/aromatic N) is 3. The first-order valence-electron chi connectivity index (χ1n) is 8.65. The molecular weight excluding hydrogens is 302 g/mol. The lowest BCUT2D eigenvalue weighted by Crippen LogP contribution is -2.23. The highest BCUT2D eigenvalue weighted by molar-refractivity contribution is 5.32. The Labute approximate surface area is 143 Å². The van der Waals surface area contributed by atoms with E-state index in [1.165, 1.54) is 24.0 Å². The molecule has 0 bridgehead atoms. The summed E-state index contributed by atoms with van der Waals surface area (Å²) in [5.41, 5.74) is 4.85. The third-order valence-electron chi connectivity index (χ3n) is 5.05. The van der Waals surface area contributed by atoms with E-state index in [0.717, 1.165) is 30.2 Å². The van der Waals surface area contributed by atoms with Gasteiger partial charge in [-0.05, 0) is 50.9 Å². The number of ether oxygens (including phenoxy) is 1. The van der Waals surface area contributed by atoms with Gasteiger partial charge in [-0.1, -0.05) is 12.1 Å². The van der Waals surface area contributed by atoms with Gasteiger partial charge in [0.1, 0.15) is 5.75 Å². The highest BCUT2D eigenvalue weighted by Crippen LogP contribution is 2.35. The number of hydrogen-bond donors (Lipinski definition) is 1. The second kappa shape index (κ2) is 7.36. The third-order valence-corrected chi connectivity index (χ3v) is 5.05. The Morgan fingerprint density at radius 2 is 2.17 bits per heavy atom. The fraction of sp³-hybridized carbons (Fsp3) is 0.526. The highest BCUT2D eigenvalue weighted by atomic mass is 16.5. The van der Waals surface area contributed by atoms with Crippen molar-refractivity contribution in [3.63, 3.8) is 0 Å². The molecule has 5 heteroatoms. The van der Waals surface area contributed by atoms with Gasteiger partial charge in [0.15, 0.2) is 0 Å². The number of aryl methyl sites for hydroxylation is 1. The second-order valence-electron chi connectivity index (χ2n) is 6.50. The molecule has 0 spiro atoms. The lowest BCUT2D eigenvalue weighted by Gasteiger charge is -2.25. The minimum atomic E-state index is 0.123. The second-order valence-corrected chi connectivity index (χ2v) is 6.50. The van der Waals surface area contributed by atoms with Gasteiger partial charge in [0.05, 0.1) is 26.0 Å². The summed E-state index contributed by atoms with van der Waals surface area (Å²) in [6.45, 7) is 6.86. The fourth-order valence-electron chi connectivity index (χ4n) is 3.72. The van der Waals surface area contributed by atoms with Crippen molar-refractivity contribution in [2.75, 3.05) is 20.3 Å². The molecule has 1 aliphatic rings. The zero-order chi connectivity index (χ0) is 17.1. The van der Waals surface area contributed by atoms with E-state index in [1.54, 1.807) is 7.11 Å². The monoisotopic (exact) mass is 329 g/mol. The fourth-order valence-corrected chi connectivity index (χ4v) is 3.72. The van der Waals surface area contributed by atoms with Gasteiger partial charge in [-0.3, -0.25) is 9.58 Å². The van der Waals surface area contributed by atoms with Crippen LogP contribution in [0.4, 0.5) is 0 Å². The summed E-state index contributed by atoms with van der Waals surface area (Å²) < 4.78 is 7.30. The normalized spacial score (nSPS) is 18.2. The standard InChI is InChI=1S/C19H27N3O2/c1-14-18(15(2)22(20-14)10-11-23)13-21-9-5-8-19(21)16-6-4-7-17(12-16)24-3/h4,6-7,12,19,23H,5,8-11,13H2,1-3H3. The van der Waals surface area contributed by atoms with Crippen LogP contribution in [0.2, 0.25) is 0 Å². The molecule has 24 heavy (non-hydrogen) atoms. The lowest BCUT2D eigenvalue weighted by molar-refractivity contribution is 0.246. The number of benzene rings is 1. The van der Waals surface area contributed by atoms with Crippen LogP contribution in [0.25, 0.3) is 0 Å². The van der Waals surface area contributed by atoms with E-state index in [2.05, 4.69) is 42.0 Å². The maximum atomic E-state index is 9.19. The van der Waals surface area contributed by atoms with Crippen LogP contribution in [0, 0.1) is 13.8 Å². The van der Waals surface area contributed by atoms with E-state index >= 15 is 0 Å². The van der Waals surface area contributed by atoms with Gasteiger partial charge < -0.3 is 9.84 Å². The molecule has 1 aromatic heterocycles. The van der Waals surface area contributed by atoms with Crippen molar-refractivity contribution < 1.29 is 9.84 Å². The van der Waals surface area contributed by atoms with Crippen molar-refractivity contribution in [1.29, 1.82) is 0 Å². The van der Waals surface area contributed by atoms with Crippen LogP contribution in [0.15, 0.2) is 24.3 Å². The van der Waals surface area contributed by atoms with E-state index in [-0.39, 0.29) is 6.61 Å². The van der Waals surface area contributed by atoms with E-state index < -0.39 is 0 Å².